The maximum Gasteiger partial charge on any atom is 0.337 e. The number of halogens is 2. The Balaban J connectivity index is 3.08. The van der Waals surface area contributed by atoms with E-state index in [0.717, 1.165) is 12.1 Å². The highest BCUT2D eigenvalue weighted by molar-refractivity contribution is 7.89. The molecule has 0 bridgehead atoms. The minimum atomic E-state index is -3.94. The molecule has 0 spiro atoms. The number of sulfonamides is 1. The van der Waals surface area contributed by atoms with E-state index in [1.54, 1.807) is 6.92 Å². The Bertz CT molecular complexity index is 633. The summed E-state index contributed by atoms with van der Waals surface area (Å²) in [5, 5.41) is 8.71. The van der Waals surface area contributed by atoms with Crippen molar-refractivity contribution in [3.8, 4) is 0 Å². The van der Waals surface area contributed by atoms with Gasteiger partial charge >= 0.3 is 5.97 Å². The van der Waals surface area contributed by atoms with Crippen molar-refractivity contribution < 1.29 is 23.1 Å². The molecule has 0 saturated heterocycles. The third-order valence-corrected chi connectivity index (χ3v) is 4.82. The molecule has 118 valence electrons. The first kappa shape index (κ1) is 18.2. The first-order chi connectivity index (χ1) is 9.69. The molecule has 0 amide bonds. The number of aromatic carboxylic acids is 1. The molecular weight excluding hydrogens is 341 g/mol. The summed E-state index contributed by atoms with van der Waals surface area (Å²) in [4.78, 5) is 10.7. The number of nitrogens with one attached hydrogen (secondary N) is 1. The number of hydrogen-bond acceptors (Lipinski definition) is 4. The van der Waals surface area contributed by atoms with Crippen LogP contribution < -0.4 is 4.72 Å². The third kappa shape index (κ3) is 4.82. The van der Waals surface area contributed by atoms with Crippen LogP contribution in [0.3, 0.4) is 0 Å². The van der Waals surface area contributed by atoms with E-state index >= 15 is 0 Å². The van der Waals surface area contributed by atoms with E-state index in [2.05, 4.69) is 4.72 Å². The Labute approximate surface area is 133 Å². The second-order valence-electron chi connectivity index (χ2n) is 4.48. The van der Waals surface area contributed by atoms with Crippen molar-refractivity contribution in [3.63, 3.8) is 0 Å². The maximum atomic E-state index is 12.2. The van der Waals surface area contributed by atoms with E-state index in [-0.39, 0.29) is 33.0 Å². The topological polar surface area (TPSA) is 92.7 Å². The Hall–Kier alpha value is -0.860. The third-order valence-electron chi connectivity index (χ3n) is 2.61. The van der Waals surface area contributed by atoms with Crippen LogP contribution in [0, 0.1) is 5.92 Å². The lowest BCUT2D eigenvalue weighted by Gasteiger charge is -2.13. The molecule has 0 heterocycles. The lowest BCUT2D eigenvalue weighted by atomic mass is 10.2. The maximum absolute atomic E-state index is 12.2. The molecule has 0 radical (unpaired) electrons. The zero-order valence-corrected chi connectivity index (χ0v) is 13.7. The van der Waals surface area contributed by atoms with Gasteiger partial charge in [-0.05, 0) is 18.1 Å². The van der Waals surface area contributed by atoms with Crippen molar-refractivity contribution in [2.24, 2.45) is 5.92 Å². The average Bonchev–Trinajstić information content (AvgIpc) is 2.36. The highest BCUT2D eigenvalue weighted by atomic mass is 35.5. The molecule has 2 N–H and O–H groups in total. The molecule has 0 aromatic heterocycles. The van der Waals surface area contributed by atoms with Crippen LogP contribution >= 0.6 is 23.2 Å². The number of methoxy groups -OCH3 is 1. The van der Waals surface area contributed by atoms with E-state index < -0.39 is 16.0 Å². The summed E-state index contributed by atoms with van der Waals surface area (Å²) in [5.74, 6) is -1.38. The van der Waals surface area contributed by atoms with Gasteiger partial charge in [0.15, 0.2) is 0 Å². The summed E-state index contributed by atoms with van der Waals surface area (Å²) in [6.07, 6.45) is 0. The number of hydrogen-bond donors (Lipinski definition) is 2. The SMILES string of the molecule is COCC(C)CNS(=O)(=O)c1cc(C(=O)O)c(Cl)cc1Cl. The fraction of sp³-hybridized carbons (Fsp3) is 0.417. The van der Waals surface area contributed by atoms with Gasteiger partial charge < -0.3 is 9.84 Å². The van der Waals surface area contributed by atoms with Gasteiger partial charge in [0.1, 0.15) is 4.90 Å². The van der Waals surface area contributed by atoms with Crippen LogP contribution in [-0.4, -0.2) is 39.8 Å². The van der Waals surface area contributed by atoms with Crippen molar-refractivity contribution in [1.82, 2.24) is 4.72 Å². The molecule has 0 aliphatic heterocycles. The summed E-state index contributed by atoms with van der Waals surface area (Å²) in [5.41, 5.74) is -0.327. The lowest BCUT2D eigenvalue weighted by Crippen LogP contribution is -2.30. The molecule has 1 aromatic rings. The predicted octanol–water partition coefficient (Wildman–Crippen LogP) is 2.25. The van der Waals surface area contributed by atoms with Crippen LogP contribution in [0.5, 0.6) is 0 Å². The Morgan fingerprint density at radius 3 is 2.52 bits per heavy atom. The van der Waals surface area contributed by atoms with Crippen molar-refractivity contribution in [2.45, 2.75) is 11.8 Å². The summed E-state index contributed by atoms with van der Waals surface area (Å²) in [6.45, 7) is 2.33. The molecule has 21 heavy (non-hydrogen) atoms. The number of carboxylic acids is 1. The van der Waals surface area contributed by atoms with Crippen molar-refractivity contribution in [2.75, 3.05) is 20.3 Å². The number of carbonyl (C=O) groups is 1. The van der Waals surface area contributed by atoms with E-state index in [4.69, 9.17) is 33.0 Å². The molecule has 9 heteroatoms. The first-order valence-electron chi connectivity index (χ1n) is 5.90. The standard InChI is InChI=1S/C12H15Cl2NO5S/c1-7(6-20-2)5-15-21(18,19)11-3-8(12(16)17)9(13)4-10(11)14/h3-4,7,15H,5-6H2,1-2H3,(H,16,17). The van der Waals surface area contributed by atoms with Crippen LogP contribution in [0.25, 0.3) is 0 Å². The average molecular weight is 356 g/mol. The zero-order chi connectivity index (χ0) is 16.2. The summed E-state index contributed by atoms with van der Waals surface area (Å²) >= 11 is 11.6. The Kier molecular flexibility index (Phi) is 6.42. The van der Waals surface area contributed by atoms with Gasteiger partial charge in [0.2, 0.25) is 10.0 Å². The number of ether oxygens (including phenoxy) is 1. The van der Waals surface area contributed by atoms with Crippen molar-refractivity contribution >= 4 is 39.2 Å². The highest BCUT2D eigenvalue weighted by Crippen LogP contribution is 2.28. The Morgan fingerprint density at radius 2 is 2.00 bits per heavy atom. The van der Waals surface area contributed by atoms with Crippen molar-refractivity contribution in [3.05, 3.63) is 27.7 Å². The molecule has 0 aliphatic rings. The summed E-state index contributed by atoms with van der Waals surface area (Å²) < 4.78 is 31.6. The van der Waals surface area contributed by atoms with E-state index in [1.165, 1.54) is 7.11 Å². The van der Waals surface area contributed by atoms with Crippen molar-refractivity contribution in [1.29, 1.82) is 0 Å². The van der Waals surface area contributed by atoms with Gasteiger partial charge in [0.05, 0.1) is 15.6 Å². The summed E-state index contributed by atoms with van der Waals surface area (Å²) in [7, 11) is -2.42. The zero-order valence-electron chi connectivity index (χ0n) is 11.4. The lowest BCUT2D eigenvalue weighted by molar-refractivity contribution is 0.0697. The van der Waals surface area contributed by atoms with Gasteiger partial charge in [-0.2, -0.15) is 0 Å². The van der Waals surface area contributed by atoms with Crippen LogP contribution in [0.2, 0.25) is 10.0 Å². The quantitative estimate of drug-likeness (QED) is 0.782. The van der Waals surface area contributed by atoms with Gasteiger partial charge in [-0.1, -0.05) is 30.1 Å². The van der Waals surface area contributed by atoms with E-state index in [9.17, 15) is 13.2 Å². The van der Waals surface area contributed by atoms with Crippen LogP contribution in [-0.2, 0) is 14.8 Å². The number of carboxylic acid groups (broad SMARTS) is 1. The molecule has 0 saturated carbocycles. The minimum Gasteiger partial charge on any atom is -0.478 e. The van der Waals surface area contributed by atoms with Gasteiger partial charge in [0.25, 0.3) is 0 Å². The molecule has 1 rings (SSSR count). The van der Waals surface area contributed by atoms with Crippen LogP contribution in [0.4, 0.5) is 0 Å². The van der Waals surface area contributed by atoms with Gasteiger partial charge in [0, 0.05) is 20.3 Å². The highest BCUT2D eigenvalue weighted by Gasteiger charge is 2.22. The fourth-order valence-electron chi connectivity index (χ4n) is 1.57. The van der Waals surface area contributed by atoms with E-state index in [0.29, 0.717) is 6.61 Å². The Morgan fingerprint density at radius 1 is 1.38 bits per heavy atom. The monoisotopic (exact) mass is 355 g/mol. The van der Waals surface area contributed by atoms with Crippen LogP contribution in [0.15, 0.2) is 17.0 Å². The minimum absolute atomic E-state index is 0.0465. The van der Waals surface area contributed by atoms with Gasteiger partial charge in [-0.3, -0.25) is 0 Å². The molecule has 1 atom stereocenters. The van der Waals surface area contributed by atoms with E-state index in [1.807, 2.05) is 0 Å². The molecular formula is C12H15Cl2NO5S. The largest absolute Gasteiger partial charge is 0.478 e. The number of benzene rings is 1. The molecule has 6 nitrogen and oxygen atoms in total. The molecule has 0 aliphatic carbocycles. The van der Waals surface area contributed by atoms with Gasteiger partial charge in [-0.15, -0.1) is 0 Å². The van der Waals surface area contributed by atoms with Crippen LogP contribution in [0.1, 0.15) is 17.3 Å². The second kappa shape index (κ2) is 7.42. The second-order valence-corrected chi connectivity index (χ2v) is 7.03. The van der Waals surface area contributed by atoms with Gasteiger partial charge in [-0.25, -0.2) is 17.9 Å². The fourth-order valence-corrected chi connectivity index (χ4v) is 3.59. The predicted molar refractivity (Wildman–Crippen MR) is 79.6 cm³/mol. The summed E-state index contributed by atoms with van der Waals surface area (Å²) in [6, 6.07) is 2.04. The molecule has 1 aromatic carbocycles. The normalized spacial score (nSPS) is 13.1. The molecule has 1 unspecified atom stereocenters. The smallest absolute Gasteiger partial charge is 0.337 e. The first-order valence-corrected chi connectivity index (χ1v) is 8.14. The number of rotatable bonds is 7. The molecule has 0 fully saturated rings.